The van der Waals surface area contributed by atoms with E-state index in [1.807, 2.05) is 48.2 Å². The molecule has 0 saturated carbocycles. The summed E-state index contributed by atoms with van der Waals surface area (Å²) in [6.45, 7) is 3.64. The normalized spacial score (nSPS) is 12.2. The van der Waals surface area contributed by atoms with Crippen LogP contribution in [0.1, 0.15) is 127 Å². The van der Waals surface area contributed by atoms with Crippen LogP contribution in [0.2, 0.25) is 0 Å². The van der Waals surface area contributed by atoms with Crippen LogP contribution >= 0.6 is 0 Å². The van der Waals surface area contributed by atoms with Crippen LogP contribution in [0.4, 0.5) is 4.79 Å². The van der Waals surface area contributed by atoms with Crippen molar-refractivity contribution in [2.24, 2.45) is 0 Å². The SMILES string of the molecule is CCCC(NC(=O)NCCCCCCCC(=O)CCCCCCC(=O)NCCCCC(C(=O)O)N(Cc1ccccn1)Cc1ccccn1)C(=O)O. The summed E-state index contributed by atoms with van der Waals surface area (Å²) in [4.78, 5) is 70.5. The summed E-state index contributed by atoms with van der Waals surface area (Å²) in [5.41, 5.74) is 1.58. The summed E-state index contributed by atoms with van der Waals surface area (Å²) >= 11 is 0. The zero-order valence-electron chi connectivity index (χ0n) is 30.9. The van der Waals surface area contributed by atoms with Crippen molar-refractivity contribution in [1.82, 2.24) is 30.8 Å². The van der Waals surface area contributed by atoms with E-state index in [1.165, 1.54) is 0 Å². The van der Waals surface area contributed by atoms with Crippen molar-refractivity contribution in [1.29, 1.82) is 0 Å². The van der Waals surface area contributed by atoms with Crippen molar-refractivity contribution >= 4 is 29.7 Å². The van der Waals surface area contributed by atoms with E-state index >= 15 is 0 Å². The van der Waals surface area contributed by atoms with Crippen molar-refractivity contribution in [2.75, 3.05) is 13.1 Å². The number of nitrogens with one attached hydrogen (secondary N) is 3. The van der Waals surface area contributed by atoms with E-state index in [9.17, 15) is 29.1 Å². The molecular weight excluding hydrogens is 664 g/mol. The first-order valence-corrected chi connectivity index (χ1v) is 19.0. The molecule has 2 aromatic rings. The lowest BCUT2D eigenvalue weighted by Gasteiger charge is -2.28. The Kier molecular flexibility index (Phi) is 23.0. The maximum absolute atomic E-state index is 12.3. The molecule has 2 aromatic heterocycles. The Bertz CT molecular complexity index is 1270. The number of unbranched alkanes of at least 4 members (excludes halogenated alkanes) is 8. The lowest BCUT2D eigenvalue weighted by Crippen LogP contribution is -2.46. The predicted octanol–water partition coefficient (Wildman–Crippen LogP) is 6.02. The number of rotatable bonds is 30. The summed E-state index contributed by atoms with van der Waals surface area (Å²) in [6, 6.07) is 9.18. The van der Waals surface area contributed by atoms with Gasteiger partial charge in [-0.25, -0.2) is 9.59 Å². The number of carboxylic acids is 2. The minimum Gasteiger partial charge on any atom is -0.480 e. The van der Waals surface area contributed by atoms with Crippen molar-refractivity contribution in [3.05, 3.63) is 60.2 Å². The second-order valence-corrected chi connectivity index (χ2v) is 13.3. The van der Waals surface area contributed by atoms with Gasteiger partial charge >= 0.3 is 18.0 Å². The van der Waals surface area contributed by atoms with Crippen molar-refractivity contribution in [2.45, 2.75) is 141 Å². The second kappa shape index (κ2) is 27.3. The molecule has 2 heterocycles. The summed E-state index contributed by atoms with van der Waals surface area (Å²) < 4.78 is 0. The summed E-state index contributed by atoms with van der Waals surface area (Å²) in [5.74, 6) is -1.64. The molecule has 0 aromatic carbocycles. The molecule has 0 aliphatic heterocycles. The van der Waals surface area contributed by atoms with E-state index in [2.05, 4.69) is 25.9 Å². The minimum atomic E-state index is -1.03. The molecule has 13 nitrogen and oxygen atoms in total. The zero-order chi connectivity index (χ0) is 37.8. The molecular formula is C39H60N6O7. The van der Waals surface area contributed by atoms with Gasteiger partial charge in [-0.1, -0.05) is 57.6 Å². The van der Waals surface area contributed by atoms with E-state index in [1.54, 1.807) is 12.4 Å². The first kappa shape index (κ1) is 43.8. The van der Waals surface area contributed by atoms with Gasteiger partial charge in [0.1, 0.15) is 17.9 Å². The third-order valence-corrected chi connectivity index (χ3v) is 8.84. The highest BCUT2D eigenvalue weighted by atomic mass is 16.4. The van der Waals surface area contributed by atoms with Crippen LogP contribution in [0, 0.1) is 0 Å². The number of hydrogen-bond acceptors (Lipinski definition) is 8. The molecule has 3 amide bonds. The van der Waals surface area contributed by atoms with Gasteiger partial charge in [0.2, 0.25) is 5.91 Å². The first-order valence-electron chi connectivity index (χ1n) is 19.0. The number of nitrogens with zero attached hydrogens (tertiary/aromatic N) is 3. The number of Topliss-reactive ketones (excluding diaryl/α,β-unsaturated/α-hetero) is 1. The van der Waals surface area contributed by atoms with Crippen LogP contribution in [0.25, 0.3) is 0 Å². The van der Waals surface area contributed by atoms with E-state index in [0.29, 0.717) is 77.5 Å². The average Bonchev–Trinajstić information content (AvgIpc) is 3.12. The molecule has 13 heteroatoms. The number of urea groups is 1. The smallest absolute Gasteiger partial charge is 0.326 e. The van der Waals surface area contributed by atoms with Crippen LogP contribution < -0.4 is 16.0 Å². The fraction of sp³-hybridized carbons (Fsp3) is 0.615. The Labute approximate surface area is 308 Å². The number of ketones is 1. The van der Waals surface area contributed by atoms with Crippen LogP contribution in [0.5, 0.6) is 0 Å². The molecule has 0 aliphatic rings. The van der Waals surface area contributed by atoms with E-state index < -0.39 is 30.1 Å². The Morgan fingerprint density at radius 3 is 1.73 bits per heavy atom. The largest absolute Gasteiger partial charge is 0.480 e. The van der Waals surface area contributed by atoms with Crippen LogP contribution in [0.15, 0.2) is 48.8 Å². The molecule has 2 atom stereocenters. The van der Waals surface area contributed by atoms with Gasteiger partial charge in [-0.3, -0.25) is 29.3 Å². The number of carboxylic acid groups (broad SMARTS) is 2. The Hall–Kier alpha value is -4.39. The number of amides is 3. The molecule has 0 aliphatic carbocycles. The standard InChI is InChI=1S/C39H60N6O7/c1-2-18-34(37(48)49)44-39(52)43-28-14-7-3-4-8-21-33(46)22-9-5-6-10-24-36(47)42-27-17-13-23-35(38(50)51)45(29-31-19-11-15-25-40-31)30-32-20-12-16-26-41-32/h11-12,15-16,19-20,25-26,34-35H,2-10,13-14,17-18,21-24,27-30H2,1H3,(H,42,47)(H,48,49)(H,50,51)(H2,43,44,52). The van der Waals surface area contributed by atoms with E-state index in [0.717, 1.165) is 69.2 Å². The number of hydrogen-bond donors (Lipinski definition) is 5. The van der Waals surface area contributed by atoms with Gasteiger partial charge in [0.25, 0.3) is 0 Å². The van der Waals surface area contributed by atoms with Gasteiger partial charge in [-0.05, 0) is 75.6 Å². The fourth-order valence-electron chi connectivity index (χ4n) is 5.94. The lowest BCUT2D eigenvalue weighted by atomic mass is 10.0. The van der Waals surface area contributed by atoms with Gasteiger partial charge in [-0.2, -0.15) is 0 Å². The Balaban J connectivity index is 1.49. The highest BCUT2D eigenvalue weighted by Gasteiger charge is 2.26. The first-order chi connectivity index (χ1) is 25.2. The monoisotopic (exact) mass is 724 g/mol. The second-order valence-electron chi connectivity index (χ2n) is 13.3. The average molecular weight is 725 g/mol. The number of pyridine rings is 2. The van der Waals surface area contributed by atoms with Crippen molar-refractivity contribution in [3.8, 4) is 0 Å². The molecule has 0 saturated heterocycles. The van der Waals surface area contributed by atoms with Crippen molar-refractivity contribution < 1.29 is 34.2 Å². The number of aromatic nitrogens is 2. The molecule has 2 unspecified atom stereocenters. The topological polar surface area (TPSA) is 191 Å². The predicted molar refractivity (Wildman–Crippen MR) is 199 cm³/mol. The van der Waals surface area contributed by atoms with Crippen molar-refractivity contribution in [3.63, 3.8) is 0 Å². The minimum absolute atomic E-state index is 0.00404. The van der Waals surface area contributed by atoms with Crippen LogP contribution in [-0.4, -0.2) is 79.9 Å². The van der Waals surface area contributed by atoms with Crippen LogP contribution in [0.3, 0.4) is 0 Å². The maximum atomic E-state index is 12.3. The third kappa shape index (κ3) is 20.5. The molecule has 2 rings (SSSR count). The maximum Gasteiger partial charge on any atom is 0.326 e. The highest BCUT2D eigenvalue weighted by molar-refractivity contribution is 5.82. The quantitative estimate of drug-likeness (QED) is 0.0596. The van der Waals surface area contributed by atoms with Gasteiger partial charge in [0, 0.05) is 57.8 Å². The lowest BCUT2D eigenvalue weighted by molar-refractivity contribution is -0.144. The molecule has 0 fully saturated rings. The third-order valence-electron chi connectivity index (χ3n) is 8.84. The van der Waals surface area contributed by atoms with Gasteiger partial charge in [0.05, 0.1) is 11.4 Å². The Morgan fingerprint density at radius 2 is 1.19 bits per heavy atom. The molecule has 5 N–H and O–H groups in total. The van der Waals surface area contributed by atoms with E-state index in [4.69, 9.17) is 5.11 Å². The number of carbonyl (C=O) groups excluding carboxylic acids is 3. The Morgan fingerprint density at radius 1 is 0.654 bits per heavy atom. The zero-order valence-corrected chi connectivity index (χ0v) is 30.9. The summed E-state index contributed by atoms with van der Waals surface area (Å²) in [6.07, 6.45) is 15.8. The molecule has 0 bridgehead atoms. The molecule has 0 radical (unpaired) electrons. The van der Waals surface area contributed by atoms with Crippen LogP contribution in [-0.2, 0) is 32.3 Å². The summed E-state index contributed by atoms with van der Waals surface area (Å²) in [5, 5.41) is 27.3. The summed E-state index contributed by atoms with van der Waals surface area (Å²) in [7, 11) is 0. The van der Waals surface area contributed by atoms with E-state index in [-0.39, 0.29) is 11.7 Å². The van der Waals surface area contributed by atoms with Gasteiger partial charge in [0.15, 0.2) is 0 Å². The molecule has 288 valence electrons. The fourth-order valence-corrected chi connectivity index (χ4v) is 5.94. The van der Waals surface area contributed by atoms with Gasteiger partial charge in [-0.15, -0.1) is 0 Å². The molecule has 0 spiro atoms. The highest BCUT2D eigenvalue weighted by Crippen LogP contribution is 2.17. The number of aliphatic carboxylic acids is 2. The number of carbonyl (C=O) groups is 5. The molecule has 52 heavy (non-hydrogen) atoms. The van der Waals surface area contributed by atoms with Gasteiger partial charge < -0.3 is 26.2 Å².